The quantitative estimate of drug-likeness (QED) is 0.414. The summed E-state index contributed by atoms with van der Waals surface area (Å²) in [5.74, 6) is 0.114. The van der Waals surface area contributed by atoms with Crippen LogP contribution in [0.15, 0.2) is 29.3 Å². The number of nitrogens with two attached hydrogens (primary N) is 1. The summed E-state index contributed by atoms with van der Waals surface area (Å²) < 4.78 is 45.1. The predicted molar refractivity (Wildman–Crippen MR) is 82.4 cm³/mol. The molecule has 0 aliphatic rings. The highest BCUT2D eigenvalue weighted by molar-refractivity contribution is 5.77. The highest BCUT2D eigenvalue weighted by Gasteiger charge is 2.30. The number of alkyl halides is 3. The van der Waals surface area contributed by atoms with Crippen LogP contribution in [0.3, 0.4) is 0 Å². The summed E-state index contributed by atoms with van der Waals surface area (Å²) in [6, 6.07) is 5.73. The predicted octanol–water partition coefficient (Wildman–Crippen LogP) is 2.46. The number of guanidine groups is 1. The van der Waals surface area contributed by atoms with Crippen molar-refractivity contribution < 1.29 is 22.6 Å². The van der Waals surface area contributed by atoms with E-state index in [4.69, 9.17) is 10.5 Å². The van der Waals surface area contributed by atoms with Gasteiger partial charge in [-0.05, 0) is 37.5 Å². The molecule has 3 N–H and O–H groups in total. The van der Waals surface area contributed by atoms with Gasteiger partial charge in [-0.1, -0.05) is 12.1 Å². The number of benzene rings is 1. The van der Waals surface area contributed by atoms with E-state index in [0.29, 0.717) is 38.7 Å². The van der Waals surface area contributed by atoms with Gasteiger partial charge in [-0.3, -0.25) is 4.99 Å². The summed E-state index contributed by atoms with van der Waals surface area (Å²) in [7, 11) is 0. The Morgan fingerprint density at radius 2 is 1.96 bits per heavy atom. The van der Waals surface area contributed by atoms with Crippen molar-refractivity contribution in [3.05, 3.63) is 29.8 Å². The van der Waals surface area contributed by atoms with Gasteiger partial charge in [0.15, 0.2) is 5.96 Å². The zero-order chi connectivity index (χ0) is 17.1. The standard InChI is InChI=1S/C15H22F3N3O2/c1-2-22-11-3-9-20-14(19)21-10-8-12-4-6-13(7-5-12)23-15(16,17)18/h4-7H,2-3,8-11H2,1H3,(H3,19,20,21). The van der Waals surface area contributed by atoms with Gasteiger partial charge in [0.05, 0.1) is 0 Å². The summed E-state index contributed by atoms with van der Waals surface area (Å²) in [4.78, 5) is 4.14. The molecule has 0 unspecified atom stereocenters. The monoisotopic (exact) mass is 333 g/mol. The minimum Gasteiger partial charge on any atom is -0.406 e. The van der Waals surface area contributed by atoms with Crippen LogP contribution in [0.25, 0.3) is 0 Å². The van der Waals surface area contributed by atoms with Crippen molar-refractivity contribution in [2.24, 2.45) is 10.7 Å². The highest BCUT2D eigenvalue weighted by Crippen LogP contribution is 2.22. The minimum absolute atomic E-state index is 0.232. The fraction of sp³-hybridized carbons (Fsp3) is 0.533. The maximum Gasteiger partial charge on any atom is 0.573 e. The highest BCUT2D eigenvalue weighted by atomic mass is 19.4. The SMILES string of the molecule is CCOCCCN=C(N)NCCc1ccc(OC(F)(F)F)cc1. The summed E-state index contributed by atoms with van der Waals surface area (Å²) >= 11 is 0. The molecule has 0 heterocycles. The fourth-order valence-electron chi connectivity index (χ4n) is 1.76. The van der Waals surface area contributed by atoms with Gasteiger partial charge in [0.2, 0.25) is 0 Å². The molecule has 5 nitrogen and oxygen atoms in total. The summed E-state index contributed by atoms with van der Waals surface area (Å²) in [5, 5.41) is 2.95. The second kappa shape index (κ2) is 9.94. The zero-order valence-electron chi connectivity index (χ0n) is 13.0. The Morgan fingerprint density at radius 3 is 2.57 bits per heavy atom. The molecule has 1 rings (SSSR count). The average Bonchev–Trinajstić information content (AvgIpc) is 2.47. The van der Waals surface area contributed by atoms with Crippen LogP contribution < -0.4 is 15.8 Å². The van der Waals surface area contributed by atoms with Crippen molar-refractivity contribution in [3.8, 4) is 5.75 Å². The third-order valence-corrected chi connectivity index (χ3v) is 2.81. The Bertz CT molecular complexity index is 476. The number of hydrogen-bond acceptors (Lipinski definition) is 3. The van der Waals surface area contributed by atoms with Crippen LogP contribution in [0.5, 0.6) is 5.75 Å². The van der Waals surface area contributed by atoms with Crippen LogP contribution in [0.4, 0.5) is 13.2 Å². The van der Waals surface area contributed by atoms with E-state index in [1.54, 1.807) is 12.1 Å². The van der Waals surface area contributed by atoms with Gasteiger partial charge in [-0.2, -0.15) is 0 Å². The lowest BCUT2D eigenvalue weighted by Gasteiger charge is -2.09. The Morgan fingerprint density at radius 1 is 1.26 bits per heavy atom. The first-order chi connectivity index (χ1) is 10.9. The topological polar surface area (TPSA) is 68.9 Å². The first kappa shape index (κ1) is 19.1. The third-order valence-electron chi connectivity index (χ3n) is 2.81. The van der Waals surface area contributed by atoms with E-state index < -0.39 is 6.36 Å². The molecular weight excluding hydrogens is 311 g/mol. The number of nitrogens with one attached hydrogen (secondary N) is 1. The van der Waals surface area contributed by atoms with Gasteiger partial charge < -0.3 is 20.5 Å². The van der Waals surface area contributed by atoms with E-state index in [9.17, 15) is 13.2 Å². The van der Waals surface area contributed by atoms with Gasteiger partial charge in [0, 0.05) is 26.3 Å². The molecule has 1 aromatic carbocycles. The van der Waals surface area contributed by atoms with E-state index in [0.717, 1.165) is 12.0 Å². The minimum atomic E-state index is -4.67. The number of aliphatic imine (C=N–C) groups is 1. The Balaban J connectivity index is 2.26. The molecule has 8 heteroatoms. The summed E-state index contributed by atoms with van der Waals surface area (Å²) in [6.45, 7) is 4.40. The zero-order valence-corrected chi connectivity index (χ0v) is 13.0. The van der Waals surface area contributed by atoms with Crippen LogP contribution in [-0.2, 0) is 11.2 Å². The molecule has 130 valence electrons. The molecule has 0 atom stereocenters. The number of nitrogens with zero attached hydrogens (tertiary/aromatic N) is 1. The normalized spacial score (nSPS) is 12.3. The van der Waals surface area contributed by atoms with Gasteiger partial charge in [-0.15, -0.1) is 13.2 Å². The number of halogens is 3. The van der Waals surface area contributed by atoms with Crippen LogP contribution >= 0.6 is 0 Å². The molecule has 0 aliphatic heterocycles. The van der Waals surface area contributed by atoms with Crippen molar-refractivity contribution in [2.45, 2.75) is 26.1 Å². The molecule has 0 saturated heterocycles. The molecular formula is C15H22F3N3O2. The second-order valence-electron chi connectivity index (χ2n) is 4.69. The van der Waals surface area contributed by atoms with Crippen LogP contribution in [-0.4, -0.2) is 38.6 Å². The van der Waals surface area contributed by atoms with Crippen molar-refractivity contribution in [2.75, 3.05) is 26.3 Å². The van der Waals surface area contributed by atoms with Crippen LogP contribution in [0, 0.1) is 0 Å². The summed E-state index contributed by atoms with van der Waals surface area (Å²) in [5.41, 5.74) is 6.57. The van der Waals surface area contributed by atoms with E-state index in [2.05, 4.69) is 15.0 Å². The number of hydrogen-bond donors (Lipinski definition) is 2. The first-order valence-electron chi connectivity index (χ1n) is 7.37. The largest absolute Gasteiger partial charge is 0.573 e. The van der Waals surface area contributed by atoms with E-state index in [1.807, 2.05) is 6.92 Å². The van der Waals surface area contributed by atoms with E-state index >= 15 is 0 Å². The molecule has 23 heavy (non-hydrogen) atoms. The number of rotatable bonds is 9. The fourth-order valence-corrected chi connectivity index (χ4v) is 1.76. The lowest BCUT2D eigenvalue weighted by atomic mass is 10.1. The third kappa shape index (κ3) is 9.62. The van der Waals surface area contributed by atoms with Gasteiger partial charge in [0.25, 0.3) is 0 Å². The Labute approximate surface area is 133 Å². The van der Waals surface area contributed by atoms with Crippen LogP contribution in [0.2, 0.25) is 0 Å². The van der Waals surface area contributed by atoms with Crippen molar-refractivity contribution in [1.29, 1.82) is 0 Å². The molecule has 1 aromatic rings. The molecule has 0 aliphatic carbocycles. The first-order valence-corrected chi connectivity index (χ1v) is 7.37. The summed E-state index contributed by atoms with van der Waals surface area (Å²) in [6.07, 6.45) is -3.26. The molecule has 0 saturated carbocycles. The molecule has 0 amide bonds. The lowest BCUT2D eigenvalue weighted by Crippen LogP contribution is -2.33. The van der Waals surface area contributed by atoms with E-state index in [1.165, 1.54) is 12.1 Å². The van der Waals surface area contributed by atoms with Gasteiger partial charge in [0.1, 0.15) is 5.75 Å². The smallest absolute Gasteiger partial charge is 0.406 e. The molecule has 0 spiro atoms. The van der Waals surface area contributed by atoms with Gasteiger partial charge >= 0.3 is 6.36 Å². The Kier molecular flexibility index (Phi) is 8.25. The van der Waals surface area contributed by atoms with Gasteiger partial charge in [-0.25, -0.2) is 0 Å². The Hall–Kier alpha value is -1.96. The van der Waals surface area contributed by atoms with Crippen molar-refractivity contribution in [1.82, 2.24) is 5.32 Å². The number of ether oxygens (including phenoxy) is 2. The molecule has 0 aromatic heterocycles. The molecule has 0 bridgehead atoms. The lowest BCUT2D eigenvalue weighted by molar-refractivity contribution is -0.274. The van der Waals surface area contributed by atoms with E-state index in [-0.39, 0.29) is 5.75 Å². The maximum absolute atomic E-state index is 12.0. The van der Waals surface area contributed by atoms with Crippen LogP contribution in [0.1, 0.15) is 18.9 Å². The average molecular weight is 333 g/mol. The second-order valence-corrected chi connectivity index (χ2v) is 4.69. The maximum atomic E-state index is 12.0. The van der Waals surface area contributed by atoms with Crippen molar-refractivity contribution in [3.63, 3.8) is 0 Å². The van der Waals surface area contributed by atoms with Crippen molar-refractivity contribution >= 4 is 5.96 Å². The molecule has 0 radical (unpaired) electrons. The molecule has 0 fully saturated rings.